The van der Waals surface area contributed by atoms with Crippen molar-refractivity contribution in [1.29, 1.82) is 0 Å². The lowest BCUT2D eigenvalue weighted by atomic mass is 10.1. The smallest absolute Gasteiger partial charge is 0.226 e. The fraction of sp³-hybridized carbons (Fsp3) is 0.357. The Kier molecular flexibility index (Phi) is 4.34. The topological polar surface area (TPSA) is 80.9 Å². The molecule has 1 heterocycles. The van der Waals surface area contributed by atoms with Crippen LogP contribution in [0.5, 0.6) is 0 Å². The summed E-state index contributed by atoms with van der Waals surface area (Å²) in [4.78, 5) is 11.7. The van der Waals surface area contributed by atoms with E-state index in [0.717, 1.165) is 21.8 Å². The van der Waals surface area contributed by atoms with Gasteiger partial charge in [0.15, 0.2) is 0 Å². The van der Waals surface area contributed by atoms with Crippen molar-refractivity contribution >= 4 is 28.1 Å². The number of aryl methyl sites for hydroxylation is 1. The van der Waals surface area contributed by atoms with E-state index in [-0.39, 0.29) is 5.91 Å². The summed E-state index contributed by atoms with van der Waals surface area (Å²) in [6.45, 7) is 5.96. The molecule has 5 nitrogen and oxygen atoms in total. The van der Waals surface area contributed by atoms with Gasteiger partial charge in [-0.05, 0) is 24.5 Å². The Hall–Kier alpha value is -1.95. The summed E-state index contributed by atoms with van der Waals surface area (Å²) in [5.41, 5.74) is 8.56. The van der Waals surface area contributed by atoms with E-state index in [1.165, 1.54) is 11.3 Å². The van der Waals surface area contributed by atoms with Crippen LogP contribution in [0.4, 0.5) is 10.8 Å². The van der Waals surface area contributed by atoms with Crippen molar-refractivity contribution in [1.82, 2.24) is 10.2 Å². The van der Waals surface area contributed by atoms with Crippen LogP contribution < -0.4 is 11.1 Å². The molecule has 2 aromatic rings. The average Bonchev–Trinajstić information content (AvgIpc) is 2.80. The van der Waals surface area contributed by atoms with Crippen molar-refractivity contribution in [2.75, 3.05) is 11.1 Å². The van der Waals surface area contributed by atoms with E-state index in [4.69, 9.17) is 5.73 Å². The Labute approximate surface area is 122 Å². The third-order valence-electron chi connectivity index (χ3n) is 2.79. The molecule has 2 rings (SSSR count). The van der Waals surface area contributed by atoms with Gasteiger partial charge in [0.25, 0.3) is 0 Å². The van der Waals surface area contributed by atoms with Gasteiger partial charge in [0.1, 0.15) is 5.01 Å². The lowest BCUT2D eigenvalue weighted by Gasteiger charge is -2.03. The molecule has 6 heteroatoms. The van der Waals surface area contributed by atoms with E-state index >= 15 is 0 Å². The van der Waals surface area contributed by atoms with Gasteiger partial charge < -0.3 is 11.1 Å². The van der Waals surface area contributed by atoms with Gasteiger partial charge in [0.2, 0.25) is 11.0 Å². The van der Waals surface area contributed by atoms with Crippen molar-refractivity contribution in [3.8, 4) is 10.6 Å². The predicted octanol–water partition coefficient (Wildman–Crippen LogP) is 3.08. The minimum Gasteiger partial charge on any atom is -0.398 e. The van der Waals surface area contributed by atoms with Crippen molar-refractivity contribution in [3.05, 3.63) is 23.8 Å². The highest BCUT2D eigenvalue weighted by Crippen LogP contribution is 2.28. The third-order valence-corrected chi connectivity index (χ3v) is 3.68. The molecular formula is C14H18N4OS. The van der Waals surface area contributed by atoms with Gasteiger partial charge in [0.05, 0.1) is 0 Å². The fourth-order valence-electron chi connectivity index (χ4n) is 1.70. The van der Waals surface area contributed by atoms with Crippen LogP contribution in [-0.4, -0.2) is 16.1 Å². The number of anilines is 2. The van der Waals surface area contributed by atoms with Crippen molar-refractivity contribution in [3.63, 3.8) is 0 Å². The van der Waals surface area contributed by atoms with E-state index in [9.17, 15) is 4.79 Å². The maximum atomic E-state index is 11.7. The Bertz CT molecular complexity index is 621. The number of aromatic nitrogens is 2. The zero-order chi connectivity index (χ0) is 14.7. The Morgan fingerprint density at radius 3 is 2.80 bits per heavy atom. The minimum absolute atomic E-state index is 0.0360. The third kappa shape index (κ3) is 3.54. The molecule has 106 valence electrons. The highest BCUT2D eigenvalue weighted by molar-refractivity contribution is 7.18. The number of carbonyl (C=O) groups is 1. The molecule has 20 heavy (non-hydrogen) atoms. The van der Waals surface area contributed by atoms with Gasteiger partial charge in [-0.1, -0.05) is 37.3 Å². The molecule has 0 spiro atoms. The lowest BCUT2D eigenvalue weighted by Crippen LogP contribution is -2.13. The molecule has 0 saturated carbocycles. The summed E-state index contributed by atoms with van der Waals surface area (Å²) in [6, 6.07) is 5.77. The van der Waals surface area contributed by atoms with Gasteiger partial charge >= 0.3 is 0 Å². The maximum absolute atomic E-state index is 11.7. The zero-order valence-electron chi connectivity index (χ0n) is 11.8. The molecule has 0 bridgehead atoms. The van der Waals surface area contributed by atoms with E-state index in [1.54, 1.807) is 0 Å². The van der Waals surface area contributed by atoms with E-state index < -0.39 is 0 Å². The van der Waals surface area contributed by atoms with Crippen molar-refractivity contribution in [2.45, 2.75) is 27.2 Å². The highest BCUT2D eigenvalue weighted by Gasteiger charge is 2.11. The first kappa shape index (κ1) is 14.5. The molecule has 1 aromatic heterocycles. The van der Waals surface area contributed by atoms with Crippen LogP contribution in [-0.2, 0) is 4.79 Å². The lowest BCUT2D eigenvalue weighted by molar-refractivity contribution is -0.116. The molecule has 0 aliphatic carbocycles. The molecule has 3 N–H and O–H groups in total. The number of rotatable bonds is 4. The van der Waals surface area contributed by atoms with Crippen LogP contribution in [0.25, 0.3) is 10.6 Å². The van der Waals surface area contributed by atoms with Crippen molar-refractivity contribution in [2.24, 2.45) is 5.92 Å². The first-order valence-electron chi connectivity index (χ1n) is 6.45. The van der Waals surface area contributed by atoms with Gasteiger partial charge in [-0.3, -0.25) is 4.79 Å². The first-order valence-corrected chi connectivity index (χ1v) is 7.27. The molecular weight excluding hydrogens is 272 g/mol. The number of nitrogen functional groups attached to an aromatic ring is 1. The van der Waals surface area contributed by atoms with Gasteiger partial charge in [-0.15, -0.1) is 10.2 Å². The molecule has 0 aliphatic rings. The Morgan fingerprint density at radius 2 is 2.15 bits per heavy atom. The van der Waals surface area contributed by atoms with Crippen LogP contribution in [0.15, 0.2) is 18.2 Å². The van der Waals surface area contributed by atoms with Gasteiger partial charge in [-0.2, -0.15) is 0 Å². The summed E-state index contributed by atoms with van der Waals surface area (Å²) in [7, 11) is 0. The molecule has 0 radical (unpaired) electrons. The van der Waals surface area contributed by atoms with Crippen LogP contribution in [0.3, 0.4) is 0 Å². The number of amides is 1. The van der Waals surface area contributed by atoms with Crippen molar-refractivity contribution < 1.29 is 4.79 Å². The molecule has 0 atom stereocenters. The quantitative estimate of drug-likeness (QED) is 0.848. The summed E-state index contributed by atoms with van der Waals surface area (Å²) in [6.07, 6.45) is 0.479. The molecule has 0 saturated heterocycles. The number of hydrogen-bond donors (Lipinski definition) is 2. The van der Waals surface area contributed by atoms with E-state index in [0.29, 0.717) is 17.5 Å². The fourth-order valence-corrected chi connectivity index (χ4v) is 2.46. The summed E-state index contributed by atoms with van der Waals surface area (Å²) >= 11 is 1.35. The molecule has 0 fully saturated rings. The average molecular weight is 290 g/mol. The minimum atomic E-state index is -0.0360. The van der Waals surface area contributed by atoms with E-state index in [2.05, 4.69) is 15.5 Å². The van der Waals surface area contributed by atoms with Gasteiger partial charge in [-0.25, -0.2) is 0 Å². The Balaban J connectivity index is 2.12. The highest BCUT2D eigenvalue weighted by atomic mass is 32.1. The normalized spacial score (nSPS) is 10.8. The van der Waals surface area contributed by atoms with Gasteiger partial charge in [0, 0.05) is 17.7 Å². The van der Waals surface area contributed by atoms with E-state index in [1.807, 2.05) is 39.0 Å². The molecule has 1 amide bonds. The second kappa shape index (κ2) is 6.00. The van der Waals surface area contributed by atoms with Crippen LogP contribution in [0, 0.1) is 12.8 Å². The second-order valence-corrected chi connectivity index (χ2v) is 6.11. The molecule has 0 aliphatic heterocycles. The molecule has 1 aromatic carbocycles. The summed E-state index contributed by atoms with van der Waals surface area (Å²) in [5, 5.41) is 12.1. The summed E-state index contributed by atoms with van der Waals surface area (Å²) in [5.74, 6) is 0.283. The first-order chi connectivity index (χ1) is 9.45. The van der Waals surface area contributed by atoms with Crippen LogP contribution in [0.1, 0.15) is 25.8 Å². The standard InChI is InChI=1S/C14H18N4OS/c1-8(2)6-12(19)16-14-18-17-13(20-14)10-5-4-9(3)11(15)7-10/h4-5,7-8H,6,15H2,1-3H3,(H,16,18,19). The SMILES string of the molecule is Cc1ccc(-c2nnc(NC(=O)CC(C)C)s2)cc1N. The monoisotopic (exact) mass is 290 g/mol. The van der Waals surface area contributed by atoms with Crippen LogP contribution in [0.2, 0.25) is 0 Å². The summed E-state index contributed by atoms with van der Waals surface area (Å²) < 4.78 is 0. The largest absolute Gasteiger partial charge is 0.398 e. The number of nitrogens with two attached hydrogens (primary N) is 1. The number of carbonyl (C=O) groups excluding carboxylic acids is 1. The number of benzene rings is 1. The number of hydrogen-bond acceptors (Lipinski definition) is 5. The predicted molar refractivity (Wildman–Crippen MR) is 82.6 cm³/mol. The number of nitrogens with one attached hydrogen (secondary N) is 1. The number of nitrogens with zero attached hydrogens (tertiary/aromatic N) is 2. The zero-order valence-corrected chi connectivity index (χ0v) is 12.6. The van der Waals surface area contributed by atoms with Crippen LogP contribution >= 0.6 is 11.3 Å². The Morgan fingerprint density at radius 1 is 1.40 bits per heavy atom. The second-order valence-electron chi connectivity index (χ2n) is 5.13. The maximum Gasteiger partial charge on any atom is 0.226 e. The molecule has 0 unspecified atom stereocenters.